The highest BCUT2D eigenvalue weighted by atomic mass is 19.1. The molecule has 4 aliphatic rings. The molecule has 0 amide bonds. The van der Waals surface area contributed by atoms with E-state index >= 15 is 0 Å². The minimum Gasteiger partial charge on any atom is -0.375 e. The molecule has 1 atom stereocenters. The van der Waals surface area contributed by atoms with E-state index in [-0.39, 0.29) is 12.1 Å². The number of rotatable bonds is 9. The lowest BCUT2D eigenvalue weighted by molar-refractivity contribution is -0.0562. The summed E-state index contributed by atoms with van der Waals surface area (Å²) in [5.74, 6) is 2.61. The summed E-state index contributed by atoms with van der Waals surface area (Å²) in [6.45, 7) is 17.4. The first-order valence-electron chi connectivity index (χ1n) is 14.1. The Morgan fingerprint density at radius 1 is 1.22 bits per heavy atom. The van der Waals surface area contributed by atoms with Crippen LogP contribution < -0.4 is 10.6 Å². The summed E-state index contributed by atoms with van der Waals surface area (Å²) in [6, 6.07) is 0. The maximum Gasteiger partial charge on any atom is 0.114 e. The number of alkyl halides is 1. The van der Waals surface area contributed by atoms with Crippen LogP contribution in [0.2, 0.25) is 0 Å². The highest BCUT2D eigenvalue weighted by Gasteiger charge is 2.52. The molecular weight excluding hydrogens is 445 g/mol. The van der Waals surface area contributed by atoms with E-state index in [9.17, 15) is 4.39 Å². The average Bonchev–Trinajstić information content (AvgIpc) is 2.84. The minimum atomic E-state index is -0.381. The number of hydrogen-bond acceptors (Lipinski definition) is 3. The number of nitrogens with zero attached hydrogens (tertiary/aromatic N) is 1. The zero-order chi connectivity index (χ0) is 26.1. The van der Waals surface area contributed by atoms with Crippen LogP contribution in [-0.4, -0.2) is 31.7 Å². The molecule has 198 valence electrons. The van der Waals surface area contributed by atoms with Crippen molar-refractivity contribution in [2.24, 2.45) is 22.7 Å². The molecule has 1 heterocycles. The molecule has 0 aromatic carbocycles. The molecule has 1 aliphatic heterocycles. The largest absolute Gasteiger partial charge is 0.375 e. The molecule has 0 aromatic heterocycles. The molecule has 36 heavy (non-hydrogen) atoms. The van der Waals surface area contributed by atoms with Gasteiger partial charge in [0.25, 0.3) is 0 Å². The van der Waals surface area contributed by atoms with Crippen LogP contribution in [0.3, 0.4) is 0 Å². The van der Waals surface area contributed by atoms with E-state index in [0.29, 0.717) is 11.3 Å². The van der Waals surface area contributed by atoms with Gasteiger partial charge < -0.3 is 15.5 Å². The lowest BCUT2D eigenvalue weighted by Gasteiger charge is -2.58. The molecule has 0 radical (unpaired) electrons. The Hall–Kier alpha value is -2.23. The van der Waals surface area contributed by atoms with Gasteiger partial charge in [-0.05, 0) is 93.3 Å². The summed E-state index contributed by atoms with van der Waals surface area (Å²) in [7, 11) is 1.98. The van der Waals surface area contributed by atoms with Crippen LogP contribution in [0.5, 0.6) is 0 Å². The Balaban J connectivity index is 1.40. The lowest BCUT2D eigenvalue weighted by Crippen LogP contribution is -2.49. The molecule has 0 bridgehead atoms. The van der Waals surface area contributed by atoms with Gasteiger partial charge in [-0.15, -0.1) is 0 Å². The van der Waals surface area contributed by atoms with Crippen LogP contribution in [-0.2, 0) is 0 Å². The summed E-state index contributed by atoms with van der Waals surface area (Å²) in [4.78, 5) is 2.50. The van der Waals surface area contributed by atoms with Crippen molar-refractivity contribution in [1.29, 1.82) is 0 Å². The zero-order valence-corrected chi connectivity index (χ0v) is 23.6. The number of allylic oxidation sites excluding steroid dienone is 8. The van der Waals surface area contributed by atoms with Gasteiger partial charge in [0.15, 0.2) is 0 Å². The molecule has 0 aromatic rings. The predicted molar refractivity (Wildman–Crippen MR) is 151 cm³/mol. The lowest BCUT2D eigenvalue weighted by atomic mass is 9.48. The van der Waals surface area contributed by atoms with E-state index in [0.717, 1.165) is 49.7 Å². The fourth-order valence-electron chi connectivity index (χ4n) is 7.30. The van der Waals surface area contributed by atoms with Crippen molar-refractivity contribution in [2.75, 3.05) is 26.8 Å². The topological polar surface area (TPSA) is 27.3 Å². The Bertz CT molecular complexity index is 1010. The second-order valence-corrected chi connectivity index (χ2v) is 12.3. The van der Waals surface area contributed by atoms with Crippen LogP contribution in [0, 0.1) is 22.7 Å². The van der Waals surface area contributed by atoms with Crippen LogP contribution in [0.1, 0.15) is 79.6 Å². The van der Waals surface area contributed by atoms with E-state index in [1.807, 2.05) is 7.05 Å². The minimum absolute atomic E-state index is 0.0656. The van der Waals surface area contributed by atoms with Gasteiger partial charge in [0.05, 0.1) is 6.54 Å². The van der Waals surface area contributed by atoms with Crippen LogP contribution >= 0.6 is 0 Å². The fraction of sp³-hybridized carbons (Fsp3) is 0.625. The molecule has 3 aliphatic carbocycles. The highest BCUT2D eigenvalue weighted by molar-refractivity contribution is 5.43. The third kappa shape index (κ3) is 5.24. The molecule has 0 saturated heterocycles. The third-order valence-corrected chi connectivity index (χ3v) is 9.67. The smallest absolute Gasteiger partial charge is 0.114 e. The quantitative estimate of drug-likeness (QED) is 0.325. The van der Waals surface area contributed by atoms with Crippen molar-refractivity contribution in [3.8, 4) is 0 Å². The summed E-state index contributed by atoms with van der Waals surface area (Å²) >= 11 is 0. The van der Waals surface area contributed by atoms with E-state index in [1.165, 1.54) is 53.8 Å². The van der Waals surface area contributed by atoms with Gasteiger partial charge in [-0.3, -0.25) is 0 Å². The van der Waals surface area contributed by atoms with Crippen molar-refractivity contribution < 1.29 is 4.39 Å². The Kier molecular flexibility index (Phi) is 7.92. The first-order valence-corrected chi connectivity index (χ1v) is 14.1. The Labute approximate surface area is 219 Å². The molecule has 3 nitrogen and oxygen atoms in total. The second kappa shape index (κ2) is 10.6. The van der Waals surface area contributed by atoms with Crippen LogP contribution in [0.15, 0.2) is 70.4 Å². The standard InChI is InChI=1S/C32H48FN3/c1-8-28-15-26(20-33)11-12-31(28,6)24(4)23(3)14-30(34-7)35-29-10-9-13-36(21-29)25(5)27-18-32(19-27)16-22(2)17-32/h10-11,14-15,22,27,34-35H,5,8-9,12-13,16-21H2,1-4,6-7H3/b24-23+,30-14+. The maximum atomic E-state index is 13.3. The molecule has 2 fully saturated rings. The van der Waals surface area contributed by atoms with E-state index in [2.05, 4.69) is 81.0 Å². The molecular formula is C32H48FN3. The van der Waals surface area contributed by atoms with Gasteiger partial charge in [-0.2, -0.15) is 0 Å². The van der Waals surface area contributed by atoms with E-state index in [4.69, 9.17) is 0 Å². The molecule has 4 rings (SSSR count). The van der Waals surface area contributed by atoms with Crippen molar-refractivity contribution in [1.82, 2.24) is 15.5 Å². The van der Waals surface area contributed by atoms with Crippen LogP contribution in [0.4, 0.5) is 4.39 Å². The molecule has 2 N–H and O–H groups in total. The Morgan fingerprint density at radius 2 is 1.94 bits per heavy atom. The maximum absolute atomic E-state index is 13.3. The van der Waals surface area contributed by atoms with Crippen molar-refractivity contribution in [3.05, 3.63) is 70.4 Å². The summed E-state index contributed by atoms with van der Waals surface area (Å²) in [6.07, 6.45) is 17.1. The molecule has 4 heteroatoms. The summed E-state index contributed by atoms with van der Waals surface area (Å²) < 4.78 is 13.3. The van der Waals surface area contributed by atoms with E-state index < -0.39 is 0 Å². The van der Waals surface area contributed by atoms with Gasteiger partial charge in [-0.25, -0.2) is 4.39 Å². The van der Waals surface area contributed by atoms with Crippen LogP contribution in [0.25, 0.3) is 0 Å². The zero-order valence-electron chi connectivity index (χ0n) is 23.6. The van der Waals surface area contributed by atoms with Gasteiger partial charge in [0, 0.05) is 30.4 Å². The third-order valence-electron chi connectivity index (χ3n) is 9.67. The average molecular weight is 494 g/mol. The summed E-state index contributed by atoms with van der Waals surface area (Å²) in [5, 5.41) is 7.04. The highest BCUT2D eigenvalue weighted by Crippen LogP contribution is 2.62. The predicted octanol–water partition coefficient (Wildman–Crippen LogP) is 7.55. The van der Waals surface area contributed by atoms with Gasteiger partial charge in [-0.1, -0.05) is 56.7 Å². The summed E-state index contributed by atoms with van der Waals surface area (Å²) in [5.41, 5.74) is 7.91. The monoisotopic (exact) mass is 493 g/mol. The number of nitrogens with one attached hydrogen (secondary N) is 2. The second-order valence-electron chi connectivity index (χ2n) is 12.3. The molecule has 2 saturated carbocycles. The van der Waals surface area contributed by atoms with Crippen molar-refractivity contribution >= 4 is 0 Å². The molecule has 1 spiro atoms. The van der Waals surface area contributed by atoms with Gasteiger partial charge in [0.1, 0.15) is 12.5 Å². The van der Waals surface area contributed by atoms with Gasteiger partial charge in [0.2, 0.25) is 0 Å². The van der Waals surface area contributed by atoms with Gasteiger partial charge >= 0.3 is 0 Å². The van der Waals surface area contributed by atoms with E-state index in [1.54, 1.807) is 0 Å². The Morgan fingerprint density at radius 3 is 2.56 bits per heavy atom. The molecule has 1 unspecified atom stereocenters. The first kappa shape index (κ1) is 26.8. The number of hydrogen-bond donors (Lipinski definition) is 2. The van der Waals surface area contributed by atoms with Crippen molar-refractivity contribution in [3.63, 3.8) is 0 Å². The van der Waals surface area contributed by atoms with Crippen molar-refractivity contribution in [2.45, 2.75) is 79.6 Å². The SMILES string of the molecule is C=C(C1CC2(CC(C)C2)C1)N1CCC=C(N/C(=C/C(C)=C(\C)C2(C)CC=C(CF)C=C2CC)NC)C1. The first-order chi connectivity index (χ1) is 17.1. The number of halogens is 1. The normalized spacial score (nSPS) is 33.0. The fourth-order valence-corrected chi connectivity index (χ4v) is 7.30.